The first-order valence-electron chi connectivity index (χ1n) is 6.85. The highest BCUT2D eigenvalue weighted by Crippen LogP contribution is 2.32. The molecule has 0 fully saturated rings. The molecule has 4 nitrogen and oxygen atoms in total. The Balaban J connectivity index is 2.30. The standard InChI is InChI=1S/C17H14ClN3O/c1-11(9-19)17-16(12-4-3-5-14(8-12)22-2)20-15-7-6-13(18)10-21(15)17/h3-8,10-11H,1-2H3. The maximum Gasteiger partial charge on any atom is 0.137 e. The number of benzene rings is 1. The summed E-state index contributed by atoms with van der Waals surface area (Å²) in [5.74, 6) is 0.442. The zero-order valence-corrected chi connectivity index (χ0v) is 13.0. The van der Waals surface area contributed by atoms with E-state index >= 15 is 0 Å². The molecule has 1 aromatic carbocycles. The molecule has 0 spiro atoms. The normalized spacial score (nSPS) is 12.1. The number of rotatable bonds is 3. The summed E-state index contributed by atoms with van der Waals surface area (Å²) in [5.41, 5.74) is 3.28. The van der Waals surface area contributed by atoms with Gasteiger partial charge in [-0.15, -0.1) is 0 Å². The van der Waals surface area contributed by atoms with Gasteiger partial charge in [0.1, 0.15) is 11.4 Å². The lowest BCUT2D eigenvalue weighted by Crippen LogP contribution is -1.98. The van der Waals surface area contributed by atoms with E-state index in [9.17, 15) is 5.26 Å². The third kappa shape index (κ3) is 2.40. The molecule has 0 radical (unpaired) electrons. The highest BCUT2D eigenvalue weighted by Gasteiger charge is 2.19. The summed E-state index contributed by atoms with van der Waals surface area (Å²) < 4.78 is 7.16. The molecule has 0 aliphatic rings. The average Bonchev–Trinajstić information content (AvgIpc) is 2.92. The molecule has 110 valence electrons. The predicted octanol–water partition coefficient (Wildman–Crippen LogP) is 4.29. The van der Waals surface area contributed by atoms with Gasteiger partial charge < -0.3 is 9.14 Å². The van der Waals surface area contributed by atoms with E-state index in [0.29, 0.717) is 5.02 Å². The fourth-order valence-corrected chi connectivity index (χ4v) is 2.66. The van der Waals surface area contributed by atoms with Crippen LogP contribution in [-0.2, 0) is 0 Å². The third-order valence-corrected chi connectivity index (χ3v) is 3.79. The van der Waals surface area contributed by atoms with E-state index in [1.54, 1.807) is 19.4 Å². The Morgan fingerprint density at radius 1 is 1.32 bits per heavy atom. The van der Waals surface area contributed by atoms with Crippen molar-refractivity contribution in [3.63, 3.8) is 0 Å². The number of fused-ring (bicyclic) bond motifs is 1. The van der Waals surface area contributed by atoms with Crippen LogP contribution in [0.1, 0.15) is 18.5 Å². The third-order valence-electron chi connectivity index (χ3n) is 3.57. The Bertz CT molecular complexity index is 879. The van der Waals surface area contributed by atoms with E-state index in [4.69, 9.17) is 16.3 Å². The lowest BCUT2D eigenvalue weighted by Gasteiger charge is -2.08. The maximum absolute atomic E-state index is 9.36. The van der Waals surface area contributed by atoms with E-state index < -0.39 is 0 Å². The SMILES string of the molecule is COc1cccc(-c2nc3ccc(Cl)cn3c2C(C)C#N)c1. The summed E-state index contributed by atoms with van der Waals surface area (Å²) in [7, 11) is 1.63. The molecule has 1 atom stereocenters. The second-order valence-corrected chi connectivity index (χ2v) is 5.44. The molecule has 0 N–H and O–H groups in total. The summed E-state index contributed by atoms with van der Waals surface area (Å²) in [4.78, 5) is 4.67. The molecule has 2 heterocycles. The van der Waals surface area contributed by atoms with E-state index in [-0.39, 0.29) is 5.92 Å². The van der Waals surface area contributed by atoms with Crippen LogP contribution in [-0.4, -0.2) is 16.5 Å². The summed E-state index contributed by atoms with van der Waals surface area (Å²) in [6.45, 7) is 1.86. The Morgan fingerprint density at radius 2 is 2.14 bits per heavy atom. The number of nitrogens with zero attached hydrogens (tertiary/aromatic N) is 3. The van der Waals surface area contributed by atoms with Crippen molar-refractivity contribution in [3.05, 3.63) is 53.3 Å². The number of ether oxygens (including phenoxy) is 1. The number of imidazole rings is 1. The first-order chi connectivity index (χ1) is 10.6. The smallest absolute Gasteiger partial charge is 0.137 e. The van der Waals surface area contributed by atoms with E-state index in [0.717, 1.165) is 28.3 Å². The zero-order chi connectivity index (χ0) is 15.7. The van der Waals surface area contributed by atoms with Crippen LogP contribution in [0.25, 0.3) is 16.9 Å². The molecule has 3 aromatic rings. The zero-order valence-electron chi connectivity index (χ0n) is 12.2. The molecule has 22 heavy (non-hydrogen) atoms. The molecule has 2 aromatic heterocycles. The van der Waals surface area contributed by atoms with Gasteiger partial charge in [-0.3, -0.25) is 0 Å². The molecular formula is C17H14ClN3O. The van der Waals surface area contributed by atoms with Crippen LogP contribution in [0.2, 0.25) is 5.02 Å². The molecule has 0 aliphatic carbocycles. The second kappa shape index (κ2) is 5.70. The fourth-order valence-electron chi connectivity index (χ4n) is 2.49. The highest BCUT2D eigenvalue weighted by atomic mass is 35.5. The molecular weight excluding hydrogens is 298 g/mol. The maximum atomic E-state index is 9.36. The number of hydrogen-bond acceptors (Lipinski definition) is 3. The Kier molecular flexibility index (Phi) is 3.74. The van der Waals surface area contributed by atoms with Crippen molar-refractivity contribution >= 4 is 17.2 Å². The molecule has 0 bridgehead atoms. The number of halogens is 1. The van der Waals surface area contributed by atoms with E-state index in [1.807, 2.05) is 41.7 Å². The van der Waals surface area contributed by atoms with Gasteiger partial charge in [-0.25, -0.2) is 4.98 Å². The lowest BCUT2D eigenvalue weighted by atomic mass is 10.0. The van der Waals surface area contributed by atoms with Crippen LogP contribution in [0, 0.1) is 11.3 Å². The van der Waals surface area contributed by atoms with Crippen molar-refractivity contribution in [3.8, 4) is 23.1 Å². The van der Waals surface area contributed by atoms with Crippen LogP contribution < -0.4 is 4.74 Å². The monoisotopic (exact) mass is 311 g/mol. The Labute approximate surface area is 133 Å². The van der Waals surface area contributed by atoms with Crippen molar-refractivity contribution < 1.29 is 4.74 Å². The fraction of sp³-hybridized carbons (Fsp3) is 0.176. The van der Waals surface area contributed by atoms with Crippen molar-refractivity contribution in [2.24, 2.45) is 0 Å². The van der Waals surface area contributed by atoms with Gasteiger partial charge in [0.15, 0.2) is 0 Å². The van der Waals surface area contributed by atoms with Gasteiger partial charge in [-0.1, -0.05) is 23.7 Å². The molecule has 0 saturated heterocycles. The summed E-state index contributed by atoms with van der Waals surface area (Å²) in [6, 6.07) is 13.6. The van der Waals surface area contributed by atoms with Gasteiger partial charge >= 0.3 is 0 Å². The second-order valence-electron chi connectivity index (χ2n) is 5.00. The van der Waals surface area contributed by atoms with Crippen LogP contribution in [0.3, 0.4) is 0 Å². The number of pyridine rings is 1. The van der Waals surface area contributed by atoms with Gasteiger partial charge in [-0.05, 0) is 31.2 Å². The Hall–Kier alpha value is -2.51. The number of aromatic nitrogens is 2. The van der Waals surface area contributed by atoms with Gasteiger partial charge in [0, 0.05) is 11.8 Å². The summed E-state index contributed by atoms with van der Waals surface area (Å²) >= 11 is 6.09. The molecule has 3 rings (SSSR count). The van der Waals surface area contributed by atoms with Crippen LogP contribution in [0.4, 0.5) is 0 Å². The van der Waals surface area contributed by atoms with E-state index in [1.165, 1.54) is 0 Å². The molecule has 0 saturated carbocycles. The predicted molar refractivity (Wildman–Crippen MR) is 86.2 cm³/mol. The van der Waals surface area contributed by atoms with E-state index in [2.05, 4.69) is 11.1 Å². The quantitative estimate of drug-likeness (QED) is 0.725. The van der Waals surface area contributed by atoms with Crippen molar-refractivity contribution in [2.75, 3.05) is 7.11 Å². The van der Waals surface area contributed by atoms with Crippen LogP contribution in [0.15, 0.2) is 42.6 Å². The number of nitriles is 1. The number of hydrogen-bond donors (Lipinski definition) is 0. The highest BCUT2D eigenvalue weighted by molar-refractivity contribution is 6.30. The molecule has 5 heteroatoms. The molecule has 0 amide bonds. The minimum absolute atomic E-state index is 0.310. The van der Waals surface area contributed by atoms with Gasteiger partial charge in [0.25, 0.3) is 0 Å². The Morgan fingerprint density at radius 3 is 2.86 bits per heavy atom. The average molecular weight is 312 g/mol. The number of methoxy groups -OCH3 is 1. The van der Waals surface area contributed by atoms with Crippen LogP contribution >= 0.6 is 11.6 Å². The topological polar surface area (TPSA) is 50.3 Å². The van der Waals surface area contributed by atoms with Crippen molar-refractivity contribution in [1.29, 1.82) is 5.26 Å². The van der Waals surface area contributed by atoms with Gasteiger partial charge in [0.05, 0.1) is 35.5 Å². The summed E-state index contributed by atoms with van der Waals surface area (Å²) in [6.07, 6.45) is 1.79. The van der Waals surface area contributed by atoms with Gasteiger partial charge in [-0.2, -0.15) is 5.26 Å². The van der Waals surface area contributed by atoms with Crippen molar-refractivity contribution in [1.82, 2.24) is 9.38 Å². The molecule has 1 unspecified atom stereocenters. The first-order valence-corrected chi connectivity index (χ1v) is 7.23. The summed E-state index contributed by atoms with van der Waals surface area (Å²) in [5, 5.41) is 9.96. The minimum atomic E-state index is -0.310. The largest absolute Gasteiger partial charge is 0.497 e. The molecule has 0 aliphatic heterocycles. The first kappa shape index (κ1) is 14.4. The lowest BCUT2D eigenvalue weighted by molar-refractivity contribution is 0.415. The van der Waals surface area contributed by atoms with Gasteiger partial charge in [0.2, 0.25) is 0 Å². The van der Waals surface area contributed by atoms with Crippen molar-refractivity contribution in [2.45, 2.75) is 12.8 Å². The minimum Gasteiger partial charge on any atom is -0.497 e. The van der Waals surface area contributed by atoms with Crippen LogP contribution in [0.5, 0.6) is 5.75 Å².